The number of rotatable bonds is 3. The van der Waals surface area contributed by atoms with Crippen molar-refractivity contribution in [3.05, 3.63) is 53.0 Å². The van der Waals surface area contributed by atoms with Crippen LogP contribution in [0.15, 0.2) is 53.0 Å². The molecule has 2 aliphatic heterocycles. The van der Waals surface area contributed by atoms with Gasteiger partial charge in [-0.25, -0.2) is 0 Å². The van der Waals surface area contributed by atoms with Gasteiger partial charge in [-0.15, -0.1) is 24.8 Å². The molecule has 188 valence electrons. The van der Waals surface area contributed by atoms with Gasteiger partial charge in [0.1, 0.15) is 11.5 Å². The number of halogens is 3. The van der Waals surface area contributed by atoms with Crippen LogP contribution in [0.2, 0.25) is 0 Å². The minimum absolute atomic E-state index is 0. The van der Waals surface area contributed by atoms with Gasteiger partial charge >= 0.3 is 0 Å². The number of benzene rings is 2. The van der Waals surface area contributed by atoms with Crippen LogP contribution in [-0.4, -0.2) is 65.6 Å². The molecule has 2 atom stereocenters. The number of nitrogens with one attached hydrogen (secondary N) is 3. The third-order valence-electron chi connectivity index (χ3n) is 5.06. The van der Waals surface area contributed by atoms with E-state index in [2.05, 4.69) is 62.8 Å². The Morgan fingerprint density at radius 3 is 1.97 bits per heavy atom. The molecule has 2 aliphatic rings. The maximum absolute atomic E-state index is 5.23. The molecule has 2 fully saturated rings. The minimum Gasteiger partial charge on any atom is -0.497 e. The Labute approximate surface area is 220 Å². The summed E-state index contributed by atoms with van der Waals surface area (Å²) in [5.74, 6) is 1.81. The molecule has 0 aromatic heterocycles. The summed E-state index contributed by atoms with van der Waals surface area (Å²) in [6.07, 6.45) is 0. The second-order valence-corrected chi connectivity index (χ2v) is 8.64. The van der Waals surface area contributed by atoms with Crippen molar-refractivity contribution in [2.45, 2.75) is 25.9 Å². The fourth-order valence-electron chi connectivity index (χ4n) is 3.37. The van der Waals surface area contributed by atoms with Crippen molar-refractivity contribution < 1.29 is 9.47 Å². The standard InChI is InChI=1S/C12H18N2O.C7H7BrO.C5H12N2.2ClH/c1-10-9-14(7-6-13-10)11-4-3-5-12(8-11)15-2;1-9-7-4-2-3-6(8)5-7;1-5-4-6-2-3-7-5;;/h3-5,8,10,13H,6-7,9H2,1-2H3;2-5H,1H3;5-7H,2-4H2,1H3;2*1H/t10-;;5-;;/m0.0../s1. The van der Waals surface area contributed by atoms with Gasteiger partial charge in [-0.1, -0.05) is 28.1 Å². The number of hydrogen-bond donors (Lipinski definition) is 3. The van der Waals surface area contributed by atoms with Crippen molar-refractivity contribution in [3.63, 3.8) is 0 Å². The van der Waals surface area contributed by atoms with Crippen molar-refractivity contribution in [2.24, 2.45) is 0 Å². The number of hydrogen-bond acceptors (Lipinski definition) is 6. The Morgan fingerprint density at radius 1 is 0.848 bits per heavy atom. The number of piperazine rings is 2. The lowest BCUT2D eigenvalue weighted by atomic mass is 10.2. The first kappa shape index (κ1) is 31.8. The van der Waals surface area contributed by atoms with Crippen LogP contribution in [-0.2, 0) is 0 Å². The van der Waals surface area contributed by atoms with Gasteiger partial charge in [-0.3, -0.25) is 0 Å². The van der Waals surface area contributed by atoms with Crippen LogP contribution in [0.3, 0.4) is 0 Å². The molecule has 3 N–H and O–H groups in total. The number of ether oxygens (including phenoxy) is 2. The van der Waals surface area contributed by atoms with Crippen LogP contribution in [0.5, 0.6) is 11.5 Å². The molecule has 2 aromatic carbocycles. The average molecular weight is 566 g/mol. The van der Waals surface area contributed by atoms with Crippen LogP contribution in [0.4, 0.5) is 5.69 Å². The molecule has 0 unspecified atom stereocenters. The maximum Gasteiger partial charge on any atom is 0.120 e. The van der Waals surface area contributed by atoms with Crippen molar-refractivity contribution >= 4 is 46.4 Å². The first-order valence-electron chi connectivity index (χ1n) is 10.9. The molecular weight excluding hydrogens is 527 g/mol. The summed E-state index contributed by atoms with van der Waals surface area (Å²) in [6.45, 7) is 11.0. The first-order valence-corrected chi connectivity index (χ1v) is 11.7. The highest BCUT2D eigenvalue weighted by Gasteiger charge is 2.15. The van der Waals surface area contributed by atoms with E-state index in [0.29, 0.717) is 12.1 Å². The van der Waals surface area contributed by atoms with E-state index in [9.17, 15) is 0 Å². The van der Waals surface area contributed by atoms with Gasteiger partial charge < -0.3 is 30.3 Å². The van der Waals surface area contributed by atoms with E-state index in [1.165, 1.54) is 5.69 Å². The van der Waals surface area contributed by atoms with Gasteiger partial charge in [0.2, 0.25) is 0 Å². The normalized spacial score (nSPS) is 19.2. The highest BCUT2D eigenvalue weighted by molar-refractivity contribution is 9.10. The van der Waals surface area contributed by atoms with Gasteiger partial charge in [0.15, 0.2) is 0 Å². The Hall–Kier alpha value is -1.22. The molecule has 33 heavy (non-hydrogen) atoms. The molecule has 2 aromatic rings. The molecule has 2 saturated heterocycles. The Balaban J connectivity index is 0.000000491. The van der Waals surface area contributed by atoms with Gasteiger partial charge in [-0.05, 0) is 44.2 Å². The second kappa shape index (κ2) is 18.2. The van der Waals surface area contributed by atoms with Gasteiger partial charge in [-0.2, -0.15) is 0 Å². The fraction of sp³-hybridized carbons (Fsp3) is 0.500. The largest absolute Gasteiger partial charge is 0.497 e. The quantitative estimate of drug-likeness (QED) is 0.514. The number of methoxy groups -OCH3 is 2. The molecule has 0 aliphatic carbocycles. The third kappa shape index (κ3) is 12.7. The molecule has 0 saturated carbocycles. The van der Waals surface area contributed by atoms with E-state index >= 15 is 0 Å². The smallest absolute Gasteiger partial charge is 0.120 e. The lowest BCUT2D eigenvalue weighted by Gasteiger charge is -2.33. The summed E-state index contributed by atoms with van der Waals surface area (Å²) in [7, 11) is 3.36. The summed E-state index contributed by atoms with van der Waals surface area (Å²) in [5, 5.41) is 10.0. The predicted octanol–water partition coefficient (Wildman–Crippen LogP) is 4.36. The summed E-state index contributed by atoms with van der Waals surface area (Å²) in [6, 6.07) is 17.2. The van der Waals surface area contributed by atoms with Gasteiger partial charge in [0.25, 0.3) is 0 Å². The summed E-state index contributed by atoms with van der Waals surface area (Å²) in [4.78, 5) is 2.39. The van der Waals surface area contributed by atoms with Crippen LogP contribution in [0.25, 0.3) is 0 Å². The number of nitrogens with zero attached hydrogens (tertiary/aromatic N) is 1. The van der Waals surface area contributed by atoms with Crippen molar-refractivity contribution in [1.29, 1.82) is 0 Å². The van der Waals surface area contributed by atoms with E-state index in [0.717, 1.165) is 55.2 Å². The number of anilines is 1. The monoisotopic (exact) mass is 564 g/mol. The minimum atomic E-state index is 0. The molecule has 0 spiro atoms. The van der Waals surface area contributed by atoms with Gasteiger partial charge in [0.05, 0.1) is 14.2 Å². The van der Waals surface area contributed by atoms with Crippen molar-refractivity contribution in [2.75, 3.05) is 58.4 Å². The second-order valence-electron chi connectivity index (χ2n) is 7.72. The van der Waals surface area contributed by atoms with Crippen LogP contribution in [0.1, 0.15) is 13.8 Å². The molecule has 4 rings (SSSR count). The Morgan fingerprint density at radius 2 is 1.48 bits per heavy atom. The van der Waals surface area contributed by atoms with Crippen LogP contribution < -0.4 is 30.3 Å². The van der Waals surface area contributed by atoms with Crippen molar-refractivity contribution in [3.8, 4) is 11.5 Å². The lowest BCUT2D eigenvalue weighted by molar-refractivity contribution is 0.414. The third-order valence-corrected chi connectivity index (χ3v) is 5.56. The summed E-state index contributed by atoms with van der Waals surface area (Å²) >= 11 is 3.32. The van der Waals surface area contributed by atoms with E-state index < -0.39 is 0 Å². The molecular formula is C24H39BrCl2N4O2. The van der Waals surface area contributed by atoms with Crippen LogP contribution >= 0.6 is 40.7 Å². The zero-order chi connectivity index (χ0) is 22.5. The highest BCUT2D eigenvalue weighted by atomic mass is 79.9. The first-order chi connectivity index (χ1) is 15.0. The Kier molecular flexibility index (Phi) is 17.5. The van der Waals surface area contributed by atoms with E-state index in [1.807, 2.05) is 36.4 Å². The topological polar surface area (TPSA) is 57.8 Å². The highest BCUT2D eigenvalue weighted by Crippen LogP contribution is 2.21. The van der Waals surface area contributed by atoms with E-state index in [-0.39, 0.29) is 24.8 Å². The van der Waals surface area contributed by atoms with Gasteiger partial charge in [0, 0.05) is 67.6 Å². The summed E-state index contributed by atoms with van der Waals surface area (Å²) < 4.78 is 11.2. The predicted molar refractivity (Wildman–Crippen MR) is 148 cm³/mol. The fourth-order valence-corrected chi connectivity index (χ4v) is 3.74. The molecule has 6 nitrogen and oxygen atoms in total. The Bertz CT molecular complexity index is 767. The zero-order valence-corrected chi connectivity index (χ0v) is 23.2. The van der Waals surface area contributed by atoms with Crippen molar-refractivity contribution in [1.82, 2.24) is 16.0 Å². The molecule has 0 radical (unpaired) electrons. The van der Waals surface area contributed by atoms with E-state index in [1.54, 1.807) is 14.2 Å². The molecule has 9 heteroatoms. The molecule has 2 heterocycles. The molecule has 0 amide bonds. The summed E-state index contributed by atoms with van der Waals surface area (Å²) in [5.41, 5.74) is 1.25. The van der Waals surface area contributed by atoms with E-state index in [4.69, 9.17) is 9.47 Å². The van der Waals surface area contributed by atoms with Crippen LogP contribution in [0, 0.1) is 0 Å². The zero-order valence-electron chi connectivity index (χ0n) is 20.0. The lowest BCUT2D eigenvalue weighted by Crippen LogP contribution is -2.49. The average Bonchev–Trinajstić information content (AvgIpc) is 2.80. The maximum atomic E-state index is 5.23. The molecule has 0 bridgehead atoms. The SMILES string of the molecule is COc1cccc(Br)c1.COc1cccc(N2CCN[C@@H](C)C2)c1.C[C@H]1CNCCN1.Cl.Cl.